The zero-order chi connectivity index (χ0) is 13.1. The van der Waals surface area contributed by atoms with Gasteiger partial charge in [-0.15, -0.1) is 10.2 Å². The predicted molar refractivity (Wildman–Crippen MR) is 79.9 cm³/mol. The molecule has 0 saturated heterocycles. The first-order chi connectivity index (χ1) is 8.61. The molecule has 5 heteroatoms. The van der Waals surface area contributed by atoms with Gasteiger partial charge in [0, 0.05) is 10.0 Å². The molecule has 0 saturated carbocycles. The largest absolute Gasteiger partial charge is 0.308 e. The monoisotopic (exact) mass is 325 g/mol. The smallest absolute Gasteiger partial charge is 0.148 e. The molecule has 1 N–H and O–H groups in total. The second-order valence-electron chi connectivity index (χ2n) is 4.18. The molecule has 0 aliphatic rings. The summed E-state index contributed by atoms with van der Waals surface area (Å²) >= 11 is 5.13. The van der Waals surface area contributed by atoms with Crippen LogP contribution in [0.15, 0.2) is 22.7 Å². The van der Waals surface area contributed by atoms with Crippen LogP contribution in [-0.4, -0.2) is 16.7 Å². The molecule has 1 heterocycles. The summed E-state index contributed by atoms with van der Waals surface area (Å²) < 4.78 is 1.09. The molecule has 0 bridgehead atoms. The standard InChI is InChI=1S/C13H16BrN3S/c1-4-15-9(3)12-16-17-13(18-12)11-6-5-10(14)7-8(11)2/h5-7,9,15H,4H2,1-3H3. The van der Waals surface area contributed by atoms with Gasteiger partial charge in [0.2, 0.25) is 0 Å². The van der Waals surface area contributed by atoms with Crippen molar-refractivity contribution in [1.82, 2.24) is 15.5 Å². The van der Waals surface area contributed by atoms with Crippen molar-refractivity contribution in [2.45, 2.75) is 26.8 Å². The average Bonchev–Trinajstić information content (AvgIpc) is 2.78. The van der Waals surface area contributed by atoms with E-state index in [0.717, 1.165) is 26.6 Å². The summed E-state index contributed by atoms with van der Waals surface area (Å²) in [5.74, 6) is 0. The van der Waals surface area contributed by atoms with Gasteiger partial charge in [-0.25, -0.2) is 0 Å². The van der Waals surface area contributed by atoms with Crippen molar-refractivity contribution in [2.75, 3.05) is 6.54 Å². The lowest BCUT2D eigenvalue weighted by atomic mass is 10.1. The van der Waals surface area contributed by atoms with Gasteiger partial charge in [0.1, 0.15) is 10.0 Å². The van der Waals surface area contributed by atoms with Gasteiger partial charge in [-0.3, -0.25) is 0 Å². The normalized spacial score (nSPS) is 12.7. The molecule has 2 rings (SSSR count). The van der Waals surface area contributed by atoms with Crippen LogP contribution in [-0.2, 0) is 0 Å². The zero-order valence-electron chi connectivity index (χ0n) is 10.7. The molecule has 1 unspecified atom stereocenters. The number of benzene rings is 1. The Kier molecular flexibility index (Phi) is 4.48. The van der Waals surface area contributed by atoms with E-state index < -0.39 is 0 Å². The van der Waals surface area contributed by atoms with Gasteiger partial charge in [-0.1, -0.05) is 40.3 Å². The van der Waals surface area contributed by atoms with Crippen LogP contribution >= 0.6 is 27.3 Å². The Morgan fingerprint density at radius 3 is 2.83 bits per heavy atom. The number of halogens is 1. The number of nitrogens with zero attached hydrogens (tertiary/aromatic N) is 2. The van der Waals surface area contributed by atoms with Crippen LogP contribution in [0.3, 0.4) is 0 Å². The minimum Gasteiger partial charge on any atom is -0.308 e. The van der Waals surface area contributed by atoms with E-state index in [1.54, 1.807) is 11.3 Å². The van der Waals surface area contributed by atoms with E-state index in [-0.39, 0.29) is 6.04 Å². The molecule has 1 aromatic carbocycles. The lowest BCUT2D eigenvalue weighted by Crippen LogP contribution is -2.17. The SMILES string of the molecule is CCNC(C)c1nnc(-c2ccc(Br)cc2C)s1. The molecule has 2 aromatic rings. The minimum atomic E-state index is 0.261. The van der Waals surface area contributed by atoms with Gasteiger partial charge in [0.25, 0.3) is 0 Å². The summed E-state index contributed by atoms with van der Waals surface area (Å²) in [6.07, 6.45) is 0. The Labute approximate surface area is 120 Å². The van der Waals surface area contributed by atoms with Gasteiger partial charge in [-0.05, 0) is 38.1 Å². The van der Waals surface area contributed by atoms with Crippen LogP contribution in [0.25, 0.3) is 10.6 Å². The Morgan fingerprint density at radius 1 is 1.39 bits per heavy atom. The third kappa shape index (κ3) is 2.96. The molecular formula is C13H16BrN3S. The Hall–Kier alpha value is -0.780. The maximum atomic E-state index is 4.29. The summed E-state index contributed by atoms with van der Waals surface area (Å²) in [5, 5.41) is 13.9. The van der Waals surface area contributed by atoms with E-state index in [4.69, 9.17) is 0 Å². The van der Waals surface area contributed by atoms with E-state index in [2.05, 4.69) is 64.3 Å². The van der Waals surface area contributed by atoms with Crippen molar-refractivity contribution < 1.29 is 0 Å². The molecule has 0 fully saturated rings. The Morgan fingerprint density at radius 2 is 2.17 bits per heavy atom. The molecule has 0 aliphatic heterocycles. The fourth-order valence-electron chi connectivity index (χ4n) is 1.78. The number of aryl methyl sites for hydroxylation is 1. The third-order valence-corrected chi connectivity index (χ3v) is 4.37. The number of aromatic nitrogens is 2. The van der Waals surface area contributed by atoms with Crippen molar-refractivity contribution in [1.29, 1.82) is 0 Å². The first kappa shape index (κ1) is 13.6. The molecule has 1 aromatic heterocycles. The first-order valence-electron chi connectivity index (χ1n) is 5.95. The highest BCUT2D eigenvalue weighted by molar-refractivity contribution is 9.10. The molecular weight excluding hydrogens is 310 g/mol. The summed E-state index contributed by atoms with van der Waals surface area (Å²) in [7, 11) is 0. The van der Waals surface area contributed by atoms with Crippen LogP contribution in [0.4, 0.5) is 0 Å². The lowest BCUT2D eigenvalue weighted by Gasteiger charge is -2.06. The highest BCUT2D eigenvalue weighted by atomic mass is 79.9. The van der Waals surface area contributed by atoms with Gasteiger partial charge in [0.05, 0.1) is 6.04 Å². The maximum Gasteiger partial charge on any atom is 0.148 e. The summed E-state index contributed by atoms with van der Waals surface area (Å²) in [4.78, 5) is 0. The van der Waals surface area contributed by atoms with Crippen LogP contribution in [0.5, 0.6) is 0 Å². The summed E-state index contributed by atoms with van der Waals surface area (Å²) in [6, 6.07) is 6.49. The number of hydrogen-bond acceptors (Lipinski definition) is 4. The molecule has 0 aliphatic carbocycles. The van der Waals surface area contributed by atoms with Crippen molar-refractivity contribution >= 4 is 27.3 Å². The molecule has 18 heavy (non-hydrogen) atoms. The average molecular weight is 326 g/mol. The maximum absolute atomic E-state index is 4.29. The Bertz CT molecular complexity index is 539. The quantitative estimate of drug-likeness (QED) is 0.924. The number of nitrogens with one attached hydrogen (secondary N) is 1. The summed E-state index contributed by atoms with van der Waals surface area (Å²) in [6.45, 7) is 7.24. The Balaban J connectivity index is 2.29. The summed E-state index contributed by atoms with van der Waals surface area (Å²) in [5.41, 5.74) is 2.37. The third-order valence-electron chi connectivity index (χ3n) is 2.74. The second-order valence-corrected chi connectivity index (χ2v) is 6.11. The van der Waals surface area contributed by atoms with Gasteiger partial charge < -0.3 is 5.32 Å². The fourth-order valence-corrected chi connectivity index (χ4v) is 3.21. The zero-order valence-corrected chi connectivity index (χ0v) is 13.1. The first-order valence-corrected chi connectivity index (χ1v) is 7.56. The van der Waals surface area contributed by atoms with Crippen molar-refractivity contribution in [2.24, 2.45) is 0 Å². The highest BCUT2D eigenvalue weighted by Crippen LogP contribution is 2.30. The van der Waals surface area contributed by atoms with E-state index in [0.29, 0.717) is 0 Å². The molecule has 0 radical (unpaired) electrons. The number of hydrogen-bond donors (Lipinski definition) is 1. The molecule has 96 valence electrons. The molecule has 0 amide bonds. The van der Waals surface area contributed by atoms with Crippen LogP contribution in [0.2, 0.25) is 0 Å². The van der Waals surface area contributed by atoms with E-state index in [9.17, 15) is 0 Å². The van der Waals surface area contributed by atoms with Crippen molar-refractivity contribution in [3.63, 3.8) is 0 Å². The predicted octanol–water partition coefficient (Wildman–Crippen LogP) is 3.95. The van der Waals surface area contributed by atoms with Crippen molar-refractivity contribution in [3.05, 3.63) is 33.2 Å². The van der Waals surface area contributed by atoms with E-state index in [1.807, 2.05) is 6.07 Å². The number of rotatable bonds is 4. The molecule has 1 atom stereocenters. The van der Waals surface area contributed by atoms with E-state index >= 15 is 0 Å². The molecule has 3 nitrogen and oxygen atoms in total. The lowest BCUT2D eigenvalue weighted by molar-refractivity contribution is 0.590. The topological polar surface area (TPSA) is 37.8 Å². The van der Waals surface area contributed by atoms with Gasteiger partial charge in [0.15, 0.2) is 0 Å². The van der Waals surface area contributed by atoms with Crippen LogP contribution in [0.1, 0.15) is 30.5 Å². The fraction of sp³-hybridized carbons (Fsp3) is 0.385. The minimum absolute atomic E-state index is 0.261. The van der Waals surface area contributed by atoms with Gasteiger partial charge in [-0.2, -0.15) is 0 Å². The molecule has 0 spiro atoms. The van der Waals surface area contributed by atoms with E-state index in [1.165, 1.54) is 5.56 Å². The van der Waals surface area contributed by atoms with Crippen LogP contribution < -0.4 is 5.32 Å². The highest BCUT2D eigenvalue weighted by Gasteiger charge is 2.13. The second kappa shape index (κ2) is 5.91. The van der Waals surface area contributed by atoms with Gasteiger partial charge >= 0.3 is 0 Å². The van der Waals surface area contributed by atoms with Crippen molar-refractivity contribution in [3.8, 4) is 10.6 Å². The van der Waals surface area contributed by atoms with Crippen LogP contribution in [0, 0.1) is 6.92 Å².